The summed E-state index contributed by atoms with van der Waals surface area (Å²) in [5.41, 5.74) is -1.10. The number of unbranched alkanes of at least 4 members (excludes halogenated alkanes) is 4. The molecule has 0 aliphatic carbocycles. The van der Waals surface area contributed by atoms with Crippen LogP contribution in [0, 0.1) is 5.41 Å². The zero-order valence-electron chi connectivity index (χ0n) is 14.3. The zero-order valence-corrected chi connectivity index (χ0v) is 16.4. The van der Waals surface area contributed by atoms with Gasteiger partial charge in [0, 0.05) is 0 Å². The Balaban J connectivity index is 4.99. The number of carbonyl (C=O) groups is 2. The zero-order chi connectivity index (χ0) is 16.8. The minimum Gasteiger partial charge on any atom is -0.465 e. The molecule has 0 aliphatic rings. The third-order valence-corrected chi connectivity index (χ3v) is 4.54. The molecule has 0 amide bonds. The Morgan fingerprint density at radius 1 is 0.818 bits per heavy atom. The fourth-order valence-corrected chi connectivity index (χ4v) is 3.05. The van der Waals surface area contributed by atoms with E-state index in [1.54, 1.807) is 13.8 Å². The second-order valence-electron chi connectivity index (χ2n) is 5.48. The summed E-state index contributed by atoms with van der Waals surface area (Å²) in [7, 11) is 0. The predicted molar refractivity (Wildman–Crippen MR) is 97.2 cm³/mol. The first-order chi connectivity index (χ1) is 10.6. The topological polar surface area (TPSA) is 52.6 Å². The summed E-state index contributed by atoms with van der Waals surface area (Å²) in [6.07, 6.45) is 7.04. The summed E-state index contributed by atoms with van der Waals surface area (Å²) in [6.45, 7) is 6.19. The fraction of sp³-hybridized carbons (Fsp3) is 0.882. The second kappa shape index (κ2) is 13.1. The van der Waals surface area contributed by atoms with Gasteiger partial charge in [-0.15, -0.1) is 0 Å². The Labute approximate surface area is 148 Å². The maximum absolute atomic E-state index is 12.5. The van der Waals surface area contributed by atoms with Crippen molar-refractivity contribution in [1.82, 2.24) is 0 Å². The van der Waals surface area contributed by atoms with Gasteiger partial charge in [-0.2, -0.15) is 0 Å². The average Bonchev–Trinajstić information content (AvgIpc) is 2.50. The van der Waals surface area contributed by atoms with Crippen molar-refractivity contribution in [2.75, 3.05) is 17.6 Å². The summed E-state index contributed by atoms with van der Waals surface area (Å²) >= 11 is 2.37. The number of hydrogen-bond acceptors (Lipinski definition) is 4. The van der Waals surface area contributed by atoms with Crippen LogP contribution >= 0.6 is 22.6 Å². The molecule has 0 heterocycles. The molecule has 22 heavy (non-hydrogen) atoms. The van der Waals surface area contributed by atoms with Crippen LogP contribution in [0.4, 0.5) is 0 Å². The lowest BCUT2D eigenvalue weighted by Crippen LogP contribution is -2.42. The van der Waals surface area contributed by atoms with Crippen molar-refractivity contribution in [3.8, 4) is 0 Å². The lowest BCUT2D eigenvalue weighted by atomic mass is 9.78. The molecule has 0 N–H and O–H groups in total. The third kappa shape index (κ3) is 7.29. The van der Waals surface area contributed by atoms with E-state index in [0.29, 0.717) is 26.1 Å². The number of hydrogen-bond donors (Lipinski definition) is 0. The monoisotopic (exact) mass is 426 g/mol. The van der Waals surface area contributed by atoms with E-state index in [0.717, 1.165) is 36.5 Å². The molecule has 0 fully saturated rings. The third-order valence-electron chi connectivity index (χ3n) is 3.78. The highest BCUT2D eigenvalue weighted by atomic mass is 127. The lowest BCUT2D eigenvalue weighted by Gasteiger charge is -2.29. The van der Waals surface area contributed by atoms with Crippen molar-refractivity contribution < 1.29 is 19.1 Å². The molecule has 0 unspecified atom stereocenters. The number of rotatable bonds is 13. The number of ether oxygens (including phenoxy) is 2. The summed E-state index contributed by atoms with van der Waals surface area (Å²) < 4.78 is 11.6. The van der Waals surface area contributed by atoms with Gasteiger partial charge in [0.1, 0.15) is 0 Å². The highest BCUT2D eigenvalue weighted by molar-refractivity contribution is 14.1. The number of alkyl halides is 1. The van der Waals surface area contributed by atoms with E-state index >= 15 is 0 Å². The molecule has 0 bridgehead atoms. The van der Waals surface area contributed by atoms with Gasteiger partial charge in [-0.3, -0.25) is 9.59 Å². The van der Waals surface area contributed by atoms with Crippen LogP contribution in [0.2, 0.25) is 0 Å². The number of carbonyl (C=O) groups excluding carboxylic acids is 2. The lowest BCUT2D eigenvalue weighted by molar-refractivity contribution is -0.173. The Morgan fingerprint density at radius 2 is 1.32 bits per heavy atom. The molecule has 5 heteroatoms. The molecule has 0 atom stereocenters. The molecular weight excluding hydrogens is 395 g/mol. The summed E-state index contributed by atoms with van der Waals surface area (Å²) in [6, 6.07) is 0. The SMILES string of the molecule is CCCCC(CCCCCCI)(C(=O)OCC)C(=O)OCC. The first kappa shape index (κ1) is 21.7. The Bertz CT molecular complexity index is 300. The normalized spacial score (nSPS) is 11.3. The smallest absolute Gasteiger partial charge is 0.323 e. The molecule has 130 valence electrons. The Morgan fingerprint density at radius 3 is 1.77 bits per heavy atom. The van der Waals surface area contributed by atoms with Gasteiger partial charge >= 0.3 is 11.9 Å². The van der Waals surface area contributed by atoms with E-state index < -0.39 is 17.4 Å². The van der Waals surface area contributed by atoms with Crippen molar-refractivity contribution in [3.63, 3.8) is 0 Å². The van der Waals surface area contributed by atoms with Crippen molar-refractivity contribution in [1.29, 1.82) is 0 Å². The van der Waals surface area contributed by atoms with E-state index in [9.17, 15) is 9.59 Å². The fourth-order valence-electron chi connectivity index (χ4n) is 2.51. The molecule has 0 aromatic carbocycles. The minimum atomic E-state index is -1.10. The average molecular weight is 426 g/mol. The Kier molecular flexibility index (Phi) is 12.9. The maximum atomic E-state index is 12.5. The highest BCUT2D eigenvalue weighted by Crippen LogP contribution is 2.35. The summed E-state index contributed by atoms with van der Waals surface area (Å²) in [5.74, 6) is -0.813. The van der Waals surface area contributed by atoms with Crippen LogP contribution < -0.4 is 0 Å². The molecule has 0 spiro atoms. The van der Waals surface area contributed by atoms with Gasteiger partial charge in [0.2, 0.25) is 0 Å². The molecule has 0 radical (unpaired) electrons. The molecule has 0 saturated heterocycles. The largest absolute Gasteiger partial charge is 0.465 e. The van der Waals surface area contributed by atoms with Crippen molar-refractivity contribution in [2.24, 2.45) is 5.41 Å². The van der Waals surface area contributed by atoms with Crippen LogP contribution in [0.25, 0.3) is 0 Å². The summed E-state index contributed by atoms with van der Waals surface area (Å²) in [4.78, 5) is 25.0. The first-order valence-electron chi connectivity index (χ1n) is 8.49. The van der Waals surface area contributed by atoms with Crippen molar-refractivity contribution in [2.45, 2.75) is 72.1 Å². The molecular formula is C17H31IO4. The quantitative estimate of drug-likeness (QED) is 0.141. The van der Waals surface area contributed by atoms with Crippen LogP contribution in [-0.2, 0) is 19.1 Å². The van der Waals surface area contributed by atoms with Gasteiger partial charge < -0.3 is 9.47 Å². The van der Waals surface area contributed by atoms with E-state index in [-0.39, 0.29) is 0 Å². The second-order valence-corrected chi connectivity index (χ2v) is 6.56. The molecule has 0 aliphatic heterocycles. The van der Waals surface area contributed by atoms with Crippen molar-refractivity contribution in [3.05, 3.63) is 0 Å². The van der Waals surface area contributed by atoms with E-state index in [2.05, 4.69) is 29.5 Å². The predicted octanol–water partition coefficient (Wildman–Crippen LogP) is 4.67. The number of esters is 2. The van der Waals surface area contributed by atoms with Crippen LogP contribution in [0.15, 0.2) is 0 Å². The van der Waals surface area contributed by atoms with Gasteiger partial charge in [-0.1, -0.05) is 61.6 Å². The van der Waals surface area contributed by atoms with E-state index in [1.807, 2.05) is 0 Å². The van der Waals surface area contributed by atoms with Crippen LogP contribution in [0.1, 0.15) is 72.1 Å². The number of halogens is 1. The van der Waals surface area contributed by atoms with Gasteiger partial charge in [0.25, 0.3) is 0 Å². The minimum absolute atomic E-state index is 0.293. The highest BCUT2D eigenvalue weighted by Gasteiger charge is 2.47. The molecule has 0 saturated carbocycles. The molecule has 0 aromatic rings. The van der Waals surface area contributed by atoms with Gasteiger partial charge in [0.15, 0.2) is 5.41 Å². The molecule has 0 rings (SSSR count). The van der Waals surface area contributed by atoms with Crippen LogP contribution in [-0.4, -0.2) is 29.6 Å². The Hall–Kier alpha value is -0.330. The summed E-state index contributed by atoms with van der Waals surface area (Å²) in [5, 5.41) is 0. The van der Waals surface area contributed by atoms with E-state index in [4.69, 9.17) is 9.47 Å². The van der Waals surface area contributed by atoms with Crippen LogP contribution in [0.5, 0.6) is 0 Å². The van der Waals surface area contributed by atoms with Gasteiger partial charge in [0.05, 0.1) is 13.2 Å². The van der Waals surface area contributed by atoms with Crippen molar-refractivity contribution >= 4 is 34.5 Å². The van der Waals surface area contributed by atoms with Crippen LogP contribution in [0.3, 0.4) is 0 Å². The van der Waals surface area contributed by atoms with Gasteiger partial charge in [-0.25, -0.2) is 0 Å². The van der Waals surface area contributed by atoms with E-state index in [1.165, 1.54) is 6.42 Å². The standard InChI is InChI=1S/C17H31IO4/c1-4-7-12-17(15(19)21-5-2,16(20)22-6-3)13-10-8-9-11-14-18/h4-14H2,1-3H3. The van der Waals surface area contributed by atoms with Gasteiger partial charge in [-0.05, 0) is 37.5 Å². The molecule has 4 nitrogen and oxygen atoms in total. The first-order valence-corrected chi connectivity index (χ1v) is 10.0. The maximum Gasteiger partial charge on any atom is 0.323 e. The molecule has 0 aromatic heterocycles.